The molecule has 0 radical (unpaired) electrons. The van der Waals surface area contributed by atoms with Gasteiger partial charge in [-0.2, -0.15) is 0 Å². The molecule has 2 rings (SSSR count). The molecule has 4 heteroatoms. The average Bonchev–Trinajstić information content (AvgIpc) is 2.54. The minimum Gasteiger partial charge on any atom is -0.356 e. The largest absolute Gasteiger partial charge is 0.356 e. The van der Waals surface area contributed by atoms with E-state index in [2.05, 4.69) is 51.8 Å². The van der Waals surface area contributed by atoms with Crippen LogP contribution in [0.5, 0.6) is 0 Å². The number of aromatic nitrogens is 1. The van der Waals surface area contributed by atoms with Crippen molar-refractivity contribution in [2.75, 3.05) is 20.1 Å². The van der Waals surface area contributed by atoms with Gasteiger partial charge in [-0.05, 0) is 31.0 Å². The molecule has 1 aromatic heterocycles. The fraction of sp³-hybridized carbons (Fsp3) is 0.333. The second kappa shape index (κ2) is 8.82. The SMILES string of the molecule is CN=C(NCCc1cccc(C)c1)NCCc1ccccn1. The molecule has 0 atom stereocenters. The molecule has 0 bridgehead atoms. The monoisotopic (exact) mass is 296 g/mol. The van der Waals surface area contributed by atoms with Crippen molar-refractivity contribution in [3.05, 3.63) is 65.5 Å². The summed E-state index contributed by atoms with van der Waals surface area (Å²) in [6, 6.07) is 14.6. The average molecular weight is 296 g/mol. The summed E-state index contributed by atoms with van der Waals surface area (Å²) in [5.74, 6) is 0.837. The Labute approximate surface area is 132 Å². The Morgan fingerprint density at radius 1 is 1.05 bits per heavy atom. The number of pyridine rings is 1. The van der Waals surface area contributed by atoms with Crippen LogP contribution in [-0.4, -0.2) is 31.1 Å². The third-order valence-electron chi connectivity index (χ3n) is 3.41. The van der Waals surface area contributed by atoms with Gasteiger partial charge in [0, 0.05) is 38.4 Å². The first kappa shape index (κ1) is 16.0. The molecule has 0 saturated heterocycles. The highest BCUT2D eigenvalue weighted by molar-refractivity contribution is 5.79. The normalized spacial score (nSPS) is 11.3. The highest BCUT2D eigenvalue weighted by Crippen LogP contribution is 2.03. The first-order chi connectivity index (χ1) is 10.8. The summed E-state index contributed by atoms with van der Waals surface area (Å²) < 4.78 is 0. The third-order valence-corrected chi connectivity index (χ3v) is 3.41. The maximum Gasteiger partial charge on any atom is 0.190 e. The van der Waals surface area contributed by atoms with Gasteiger partial charge in [0.05, 0.1) is 0 Å². The number of hydrogen-bond donors (Lipinski definition) is 2. The number of nitrogens with zero attached hydrogens (tertiary/aromatic N) is 2. The van der Waals surface area contributed by atoms with Gasteiger partial charge >= 0.3 is 0 Å². The van der Waals surface area contributed by atoms with E-state index in [4.69, 9.17) is 0 Å². The predicted octanol–water partition coefficient (Wildman–Crippen LogP) is 2.34. The quantitative estimate of drug-likeness (QED) is 0.635. The number of aliphatic imine (C=N–C) groups is 1. The van der Waals surface area contributed by atoms with Crippen LogP contribution in [0, 0.1) is 6.92 Å². The smallest absolute Gasteiger partial charge is 0.190 e. The molecule has 0 aliphatic rings. The van der Waals surface area contributed by atoms with E-state index < -0.39 is 0 Å². The summed E-state index contributed by atoms with van der Waals surface area (Å²) in [5, 5.41) is 6.66. The van der Waals surface area contributed by atoms with Gasteiger partial charge in [-0.15, -0.1) is 0 Å². The molecule has 0 amide bonds. The molecule has 1 aromatic carbocycles. The van der Waals surface area contributed by atoms with Gasteiger partial charge in [-0.1, -0.05) is 35.9 Å². The third kappa shape index (κ3) is 5.56. The van der Waals surface area contributed by atoms with Crippen LogP contribution < -0.4 is 10.6 Å². The number of aryl methyl sites for hydroxylation is 1. The van der Waals surface area contributed by atoms with Crippen molar-refractivity contribution in [3.8, 4) is 0 Å². The Kier molecular flexibility index (Phi) is 6.42. The van der Waals surface area contributed by atoms with Gasteiger partial charge in [0.25, 0.3) is 0 Å². The van der Waals surface area contributed by atoms with Crippen molar-refractivity contribution in [1.82, 2.24) is 15.6 Å². The standard InChI is InChI=1S/C18H24N4/c1-15-6-5-7-16(14-15)9-12-21-18(19-2)22-13-10-17-8-3-4-11-20-17/h3-8,11,14H,9-10,12-13H2,1-2H3,(H2,19,21,22). The van der Waals surface area contributed by atoms with Gasteiger partial charge < -0.3 is 10.6 Å². The van der Waals surface area contributed by atoms with Gasteiger partial charge in [-0.3, -0.25) is 9.98 Å². The molecule has 0 saturated carbocycles. The lowest BCUT2D eigenvalue weighted by Crippen LogP contribution is -2.39. The fourth-order valence-electron chi connectivity index (χ4n) is 2.27. The van der Waals surface area contributed by atoms with E-state index >= 15 is 0 Å². The van der Waals surface area contributed by atoms with Crippen molar-refractivity contribution in [1.29, 1.82) is 0 Å². The van der Waals surface area contributed by atoms with Crippen LogP contribution in [0.15, 0.2) is 53.7 Å². The molecular formula is C18H24N4. The van der Waals surface area contributed by atoms with Crippen LogP contribution in [-0.2, 0) is 12.8 Å². The molecule has 22 heavy (non-hydrogen) atoms. The van der Waals surface area contributed by atoms with Crippen LogP contribution >= 0.6 is 0 Å². The first-order valence-corrected chi connectivity index (χ1v) is 7.68. The molecule has 0 fully saturated rings. The van der Waals surface area contributed by atoms with Crippen molar-refractivity contribution in [2.24, 2.45) is 4.99 Å². The van der Waals surface area contributed by atoms with Crippen LogP contribution in [0.25, 0.3) is 0 Å². The zero-order valence-corrected chi connectivity index (χ0v) is 13.3. The lowest BCUT2D eigenvalue weighted by Gasteiger charge is -2.12. The molecule has 0 aliphatic heterocycles. The predicted molar refractivity (Wildman–Crippen MR) is 92.2 cm³/mol. The van der Waals surface area contributed by atoms with Crippen LogP contribution in [0.2, 0.25) is 0 Å². The second-order valence-corrected chi connectivity index (χ2v) is 5.24. The van der Waals surface area contributed by atoms with E-state index in [-0.39, 0.29) is 0 Å². The maximum atomic E-state index is 4.31. The van der Waals surface area contributed by atoms with Crippen LogP contribution in [0.3, 0.4) is 0 Å². The molecule has 0 spiro atoms. The first-order valence-electron chi connectivity index (χ1n) is 7.68. The molecule has 0 unspecified atom stereocenters. The molecule has 116 valence electrons. The lowest BCUT2D eigenvalue weighted by atomic mass is 10.1. The summed E-state index contributed by atoms with van der Waals surface area (Å²) in [7, 11) is 1.79. The molecular weight excluding hydrogens is 272 g/mol. The maximum absolute atomic E-state index is 4.31. The van der Waals surface area contributed by atoms with E-state index in [0.29, 0.717) is 0 Å². The van der Waals surface area contributed by atoms with Crippen molar-refractivity contribution < 1.29 is 0 Å². The minimum absolute atomic E-state index is 0.821. The Morgan fingerprint density at radius 3 is 2.55 bits per heavy atom. The van der Waals surface area contributed by atoms with Crippen molar-refractivity contribution in [3.63, 3.8) is 0 Å². The molecule has 2 N–H and O–H groups in total. The zero-order chi connectivity index (χ0) is 15.6. The lowest BCUT2D eigenvalue weighted by molar-refractivity contribution is 0.776. The summed E-state index contributed by atoms with van der Waals surface area (Å²) in [5.41, 5.74) is 3.73. The Hall–Kier alpha value is -2.36. The fourth-order valence-corrected chi connectivity index (χ4v) is 2.27. The molecule has 1 heterocycles. The van der Waals surface area contributed by atoms with Crippen molar-refractivity contribution >= 4 is 5.96 Å². The zero-order valence-electron chi connectivity index (χ0n) is 13.3. The van der Waals surface area contributed by atoms with Gasteiger partial charge in [0.1, 0.15) is 0 Å². The number of guanidine groups is 1. The summed E-state index contributed by atoms with van der Waals surface area (Å²) in [6.07, 6.45) is 3.70. The number of rotatable bonds is 6. The van der Waals surface area contributed by atoms with E-state index in [1.54, 1.807) is 7.05 Å². The second-order valence-electron chi connectivity index (χ2n) is 5.24. The number of benzene rings is 1. The van der Waals surface area contributed by atoms with Crippen LogP contribution in [0.4, 0.5) is 0 Å². The highest BCUT2D eigenvalue weighted by atomic mass is 15.2. The van der Waals surface area contributed by atoms with Gasteiger partial charge in [0.2, 0.25) is 0 Å². The number of hydrogen-bond acceptors (Lipinski definition) is 2. The highest BCUT2D eigenvalue weighted by Gasteiger charge is 1.99. The van der Waals surface area contributed by atoms with Gasteiger partial charge in [-0.25, -0.2) is 0 Å². The summed E-state index contributed by atoms with van der Waals surface area (Å²) in [6.45, 7) is 3.81. The van der Waals surface area contributed by atoms with Crippen LogP contribution in [0.1, 0.15) is 16.8 Å². The van der Waals surface area contributed by atoms with E-state index in [1.807, 2.05) is 24.4 Å². The Balaban J connectivity index is 1.69. The molecule has 0 aliphatic carbocycles. The van der Waals surface area contributed by atoms with E-state index in [9.17, 15) is 0 Å². The minimum atomic E-state index is 0.821. The Bertz CT molecular complexity index is 593. The molecule has 4 nitrogen and oxygen atoms in total. The van der Waals surface area contributed by atoms with Crippen molar-refractivity contribution in [2.45, 2.75) is 19.8 Å². The van der Waals surface area contributed by atoms with E-state index in [1.165, 1.54) is 11.1 Å². The summed E-state index contributed by atoms with van der Waals surface area (Å²) >= 11 is 0. The number of nitrogens with one attached hydrogen (secondary N) is 2. The van der Waals surface area contributed by atoms with E-state index in [0.717, 1.165) is 37.6 Å². The molecule has 2 aromatic rings. The van der Waals surface area contributed by atoms with Gasteiger partial charge in [0.15, 0.2) is 5.96 Å². The Morgan fingerprint density at radius 2 is 1.86 bits per heavy atom. The topological polar surface area (TPSA) is 49.3 Å². The summed E-state index contributed by atoms with van der Waals surface area (Å²) in [4.78, 5) is 8.55.